The summed E-state index contributed by atoms with van der Waals surface area (Å²) in [7, 11) is 0. The van der Waals surface area contributed by atoms with Crippen LogP contribution in [0.15, 0.2) is 18.2 Å². The third-order valence-corrected chi connectivity index (χ3v) is 4.06. The third kappa shape index (κ3) is 3.14. The van der Waals surface area contributed by atoms with E-state index in [1.165, 1.54) is 16.6 Å². The predicted octanol–water partition coefficient (Wildman–Crippen LogP) is 4.96. The zero-order chi connectivity index (χ0) is 17.4. The predicted molar refractivity (Wildman–Crippen MR) is 94.5 cm³/mol. The lowest BCUT2D eigenvalue weighted by atomic mass is 10.1. The molecule has 0 radical (unpaired) electrons. The molecule has 0 fully saturated rings. The summed E-state index contributed by atoms with van der Waals surface area (Å²) in [6.45, 7) is 4.68. The number of hydrogen-bond donors (Lipinski definition) is 1. The molecule has 0 saturated heterocycles. The molecule has 2 heterocycles. The highest BCUT2D eigenvalue weighted by Gasteiger charge is 2.23. The van der Waals surface area contributed by atoms with Gasteiger partial charge in [-0.3, -0.25) is 0 Å². The molecule has 0 atom stereocenters. The van der Waals surface area contributed by atoms with Crippen LogP contribution in [0.1, 0.15) is 13.8 Å². The van der Waals surface area contributed by atoms with E-state index in [0.717, 1.165) is 0 Å². The van der Waals surface area contributed by atoms with Gasteiger partial charge in [-0.2, -0.15) is 14.5 Å². The van der Waals surface area contributed by atoms with Crippen molar-refractivity contribution in [2.75, 3.05) is 11.9 Å². The fourth-order valence-corrected chi connectivity index (χ4v) is 2.94. The van der Waals surface area contributed by atoms with Crippen LogP contribution in [0.2, 0.25) is 15.5 Å². The van der Waals surface area contributed by atoms with Crippen LogP contribution < -0.4 is 5.32 Å². The fraction of sp³-hybridized carbons (Fsp3) is 0.267. The monoisotopic (exact) mass is 387 g/mol. The second-order valence-corrected chi connectivity index (χ2v) is 6.69. The van der Waals surface area contributed by atoms with E-state index in [1.54, 1.807) is 6.07 Å². The quantitative estimate of drug-likeness (QED) is 0.642. The molecule has 2 aromatic heterocycles. The van der Waals surface area contributed by atoms with Crippen LogP contribution in [0.25, 0.3) is 16.9 Å². The van der Waals surface area contributed by atoms with Gasteiger partial charge in [-0.25, -0.2) is 4.39 Å². The first-order valence-corrected chi connectivity index (χ1v) is 8.32. The van der Waals surface area contributed by atoms with Crippen LogP contribution in [0.3, 0.4) is 0 Å². The number of rotatable bonds is 4. The number of fused-ring (bicyclic) bond motifs is 1. The van der Waals surface area contributed by atoms with Crippen molar-refractivity contribution in [2.45, 2.75) is 13.8 Å². The topological polar surface area (TPSA) is 55.1 Å². The first-order chi connectivity index (χ1) is 11.4. The van der Waals surface area contributed by atoms with Gasteiger partial charge in [0.05, 0.1) is 10.6 Å². The summed E-state index contributed by atoms with van der Waals surface area (Å²) in [6.07, 6.45) is 0. The maximum absolute atomic E-state index is 14.4. The minimum Gasteiger partial charge on any atom is -0.369 e. The number of aromatic nitrogens is 4. The maximum Gasteiger partial charge on any atom is 0.256 e. The van der Waals surface area contributed by atoms with Gasteiger partial charge in [-0.15, -0.1) is 5.10 Å². The van der Waals surface area contributed by atoms with Gasteiger partial charge in [0.25, 0.3) is 5.78 Å². The van der Waals surface area contributed by atoms with Gasteiger partial charge >= 0.3 is 0 Å². The number of benzene rings is 1. The molecular formula is C15H13Cl3FN5. The first-order valence-electron chi connectivity index (χ1n) is 7.18. The zero-order valence-electron chi connectivity index (χ0n) is 12.8. The van der Waals surface area contributed by atoms with Crippen molar-refractivity contribution in [2.24, 2.45) is 5.92 Å². The van der Waals surface area contributed by atoms with Gasteiger partial charge in [0.15, 0.2) is 0 Å². The summed E-state index contributed by atoms with van der Waals surface area (Å²) in [6, 6.07) is 4.41. The smallest absolute Gasteiger partial charge is 0.256 e. The molecule has 1 aromatic carbocycles. The Balaban J connectivity index is 2.33. The van der Waals surface area contributed by atoms with Gasteiger partial charge in [0.2, 0.25) is 5.28 Å². The zero-order valence-corrected chi connectivity index (χ0v) is 15.1. The Hall–Kier alpha value is -1.63. The van der Waals surface area contributed by atoms with E-state index in [0.29, 0.717) is 23.8 Å². The minimum absolute atomic E-state index is 0.0166. The van der Waals surface area contributed by atoms with Crippen molar-refractivity contribution in [3.05, 3.63) is 39.5 Å². The molecule has 3 rings (SSSR count). The van der Waals surface area contributed by atoms with Crippen molar-refractivity contribution >= 4 is 46.4 Å². The van der Waals surface area contributed by atoms with Gasteiger partial charge in [-0.1, -0.05) is 43.1 Å². The Morgan fingerprint density at radius 3 is 2.58 bits per heavy atom. The van der Waals surface area contributed by atoms with Crippen LogP contribution in [0.4, 0.5) is 10.2 Å². The van der Waals surface area contributed by atoms with E-state index in [4.69, 9.17) is 34.8 Å². The Morgan fingerprint density at radius 1 is 1.17 bits per heavy atom. The summed E-state index contributed by atoms with van der Waals surface area (Å²) in [4.78, 5) is 8.14. The molecule has 5 nitrogen and oxygen atoms in total. The van der Waals surface area contributed by atoms with Crippen LogP contribution in [0.5, 0.6) is 0 Å². The largest absolute Gasteiger partial charge is 0.369 e. The summed E-state index contributed by atoms with van der Waals surface area (Å²) in [5.74, 6) is 0.469. The number of nitrogens with zero attached hydrogens (tertiary/aromatic N) is 4. The molecule has 126 valence electrons. The molecule has 3 aromatic rings. The summed E-state index contributed by atoms with van der Waals surface area (Å²) < 4.78 is 15.8. The van der Waals surface area contributed by atoms with Crippen LogP contribution in [-0.2, 0) is 0 Å². The summed E-state index contributed by atoms with van der Waals surface area (Å²) in [5.41, 5.74) is 0.464. The van der Waals surface area contributed by atoms with Crippen molar-refractivity contribution in [3.8, 4) is 11.1 Å². The molecule has 0 unspecified atom stereocenters. The Bertz CT molecular complexity index is 890. The Kier molecular flexibility index (Phi) is 4.80. The molecule has 0 amide bonds. The lowest BCUT2D eigenvalue weighted by molar-refractivity contribution is 0.631. The lowest BCUT2D eigenvalue weighted by Gasteiger charge is -2.17. The minimum atomic E-state index is -0.510. The molecule has 9 heteroatoms. The summed E-state index contributed by atoms with van der Waals surface area (Å²) in [5, 5.41) is 7.61. The molecule has 0 saturated carbocycles. The molecule has 0 aliphatic carbocycles. The molecule has 0 spiro atoms. The third-order valence-electron chi connectivity index (χ3n) is 3.31. The van der Waals surface area contributed by atoms with Gasteiger partial charge < -0.3 is 5.32 Å². The van der Waals surface area contributed by atoms with Crippen LogP contribution in [0, 0.1) is 11.7 Å². The average molecular weight is 389 g/mol. The Morgan fingerprint density at radius 2 is 1.92 bits per heavy atom. The second-order valence-electron chi connectivity index (χ2n) is 5.59. The number of halogens is 4. The van der Waals surface area contributed by atoms with E-state index in [1.807, 2.05) is 13.8 Å². The van der Waals surface area contributed by atoms with E-state index in [-0.39, 0.29) is 26.8 Å². The normalized spacial score (nSPS) is 11.5. The Labute approximate surface area is 152 Å². The van der Waals surface area contributed by atoms with Crippen molar-refractivity contribution in [3.63, 3.8) is 0 Å². The molecular weight excluding hydrogens is 376 g/mol. The molecule has 0 bridgehead atoms. The highest BCUT2D eigenvalue weighted by molar-refractivity contribution is 6.36. The van der Waals surface area contributed by atoms with Crippen LogP contribution in [-0.4, -0.2) is 26.1 Å². The van der Waals surface area contributed by atoms with E-state index in [2.05, 4.69) is 20.4 Å². The van der Waals surface area contributed by atoms with Crippen molar-refractivity contribution in [1.29, 1.82) is 0 Å². The van der Waals surface area contributed by atoms with E-state index >= 15 is 0 Å². The molecule has 0 aliphatic heterocycles. The van der Waals surface area contributed by atoms with E-state index in [9.17, 15) is 4.39 Å². The molecule has 1 N–H and O–H groups in total. The highest BCUT2D eigenvalue weighted by Crippen LogP contribution is 2.39. The maximum atomic E-state index is 14.4. The van der Waals surface area contributed by atoms with Gasteiger partial charge in [0, 0.05) is 12.1 Å². The first kappa shape index (κ1) is 17.2. The molecule has 24 heavy (non-hydrogen) atoms. The van der Waals surface area contributed by atoms with Crippen molar-refractivity contribution < 1.29 is 4.39 Å². The van der Waals surface area contributed by atoms with Crippen LogP contribution >= 0.6 is 34.8 Å². The highest BCUT2D eigenvalue weighted by atomic mass is 35.5. The average Bonchev–Trinajstić information content (AvgIpc) is 2.85. The van der Waals surface area contributed by atoms with E-state index < -0.39 is 5.82 Å². The van der Waals surface area contributed by atoms with Gasteiger partial charge in [0.1, 0.15) is 16.8 Å². The second kappa shape index (κ2) is 6.70. The van der Waals surface area contributed by atoms with Gasteiger partial charge in [-0.05, 0) is 29.7 Å². The fourth-order valence-electron chi connectivity index (χ4n) is 2.27. The summed E-state index contributed by atoms with van der Waals surface area (Å²) >= 11 is 18.4. The lowest BCUT2D eigenvalue weighted by Crippen LogP contribution is -2.14. The number of hydrogen-bond acceptors (Lipinski definition) is 4. The SMILES string of the molecule is CC(C)CNc1c(-c2c(F)cccc2Cl)c(Cl)nc2nc(Cl)nn12. The number of nitrogens with one attached hydrogen (secondary N) is 1. The number of anilines is 1. The van der Waals surface area contributed by atoms with Crippen molar-refractivity contribution in [1.82, 2.24) is 19.6 Å². The standard InChI is InChI=1S/C15H13Cl3FN5/c1-7(2)6-20-13-11(10-8(16)4-3-5-9(10)19)12(17)21-15-22-14(18)23-24(13)15/h3-5,7,20H,6H2,1-2H3. The molecule has 0 aliphatic rings.